The van der Waals surface area contributed by atoms with Gasteiger partial charge in [0.15, 0.2) is 0 Å². The fourth-order valence-corrected chi connectivity index (χ4v) is 1.54. The Kier molecular flexibility index (Phi) is 2.30. The van der Waals surface area contributed by atoms with Crippen LogP contribution in [0.4, 0.5) is 13.2 Å². The van der Waals surface area contributed by atoms with Gasteiger partial charge in [0, 0.05) is 0 Å². The molecule has 2 rings (SSSR count). The van der Waals surface area contributed by atoms with Crippen LogP contribution >= 0.6 is 0 Å². The number of nitrogens with zero attached hydrogens (tertiary/aromatic N) is 2. The molecule has 8 heteroatoms. The third kappa shape index (κ3) is 1.83. The lowest BCUT2D eigenvalue weighted by Crippen LogP contribution is -2.23. The molecule has 0 bridgehead atoms. The van der Waals surface area contributed by atoms with Crippen molar-refractivity contribution in [3.05, 3.63) is 34.5 Å². The van der Waals surface area contributed by atoms with Gasteiger partial charge in [-0.05, 0) is 18.2 Å². The van der Waals surface area contributed by atoms with Gasteiger partial charge in [-0.3, -0.25) is 0 Å². The predicted molar refractivity (Wildman–Crippen MR) is 47.7 cm³/mol. The Bertz CT molecular complexity index is 696. The van der Waals surface area contributed by atoms with Crippen molar-refractivity contribution >= 4 is 15.4 Å². The molecule has 16 heavy (non-hydrogen) atoms. The Balaban J connectivity index is 2.73. The summed E-state index contributed by atoms with van der Waals surface area (Å²) in [4.78, 5) is 7.01. The van der Waals surface area contributed by atoms with E-state index in [9.17, 15) is 21.6 Å². The topological polar surface area (TPSA) is 58.9 Å². The Morgan fingerprint density at radius 3 is 2.25 bits per heavy atom. The van der Waals surface area contributed by atoms with Crippen LogP contribution in [-0.4, -0.2) is 13.5 Å². The minimum absolute atomic E-state index is 0.0889. The summed E-state index contributed by atoms with van der Waals surface area (Å²) >= 11 is 0. The smallest absolute Gasteiger partial charge is 0.213 e. The minimum atomic E-state index is -4.48. The van der Waals surface area contributed by atoms with Crippen molar-refractivity contribution in [3.8, 4) is 0 Å². The summed E-state index contributed by atoms with van der Waals surface area (Å²) in [5.74, 6) is 0. The third-order valence-corrected chi connectivity index (χ3v) is 2.36. The maximum atomic E-state index is 12.3. The lowest BCUT2D eigenvalue weighted by atomic mass is 10.2. The van der Waals surface area contributed by atoms with Crippen molar-refractivity contribution < 1.29 is 21.6 Å². The molecule has 1 aliphatic heterocycles. The van der Waals surface area contributed by atoms with Crippen LogP contribution in [0, 0.1) is 0 Å². The Morgan fingerprint density at radius 2 is 1.69 bits per heavy atom. The summed E-state index contributed by atoms with van der Waals surface area (Å²) in [6.45, 7) is 0. The number of rotatable bonds is 0. The van der Waals surface area contributed by atoms with Crippen LogP contribution in [0.25, 0.3) is 0 Å². The highest BCUT2D eigenvalue weighted by Gasteiger charge is 2.30. The van der Waals surface area contributed by atoms with Crippen molar-refractivity contribution in [2.45, 2.75) is 6.18 Å². The Labute approximate surface area is 88.3 Å². The second-order valence-electron chi connectivity index (χ2n) is 2.94. The first-order chi connectivity index (χ1) is 7.38. The van der Waals surface area contributed by atoms with E-state index in [1.807, 2.05) is 0 Å². The molecule has 0 radical (unpaired) electrons. The van der Waals surface area contributed by atoms with Crippen LogP contribution in [0.1, 0.15) is 5.56 Å². The highest BCUT2D eigenvalue weighted by Crippen LogP contribution is 2.27. The van der Waals surface area contributed by atoms with E-state index < -0.39 is 27.1 Å². The van der Waals surface area contributed by atoms with Crippen LogP contribution < -0.4 is 10.7 Å². The lowest BCUT2D eigenvalue weighted by molar-refractivity contribution is -0.137. The van der Waals surface area contributed by atoms with Gasteiger partial charge in [-0.25, -0.2) is 9.98 Å². The largest absolute Gasteiger partial charge is 0.416 e. The minimum Gasteiger partial charge on any atom is -0.213 e. The van der Waals surface area contributed by atoms with E-state index in [1.165, 1.54) is 0 Å². The van der Waals surface area contributed by atoms with E-state index in [2.05, 4.69) is 9.98 Å². The first-order valence-corrected chi connectivity index (χ1v) is 5.06. The van der Waals surface area contributed by atoms with Crippen LogP contribution in [0.15, 0.2) is 28.2 Å². The van der Waals surface area contributed by atoms with E-state index in [4.69, 9.17) is 0 Å². The molecule has 0 aliphatic carbocycles. The molecule has 0 fully saturated rings. The maximum Gasteiger partial charge on any atom is 0.416 e. The maximum absolute atomic E-state index is 12.3. The number of fused-ring (bicyclic) bond motifs is 1. The van der Waals surface area contributed by atoms with Gasteiger partial charge in [0.1, 0.15) is 0 Å². The molecule has 1 aliphatic rings. The molecule has 4 nitrogen and oxygen atoms in total. The fraction of sp³-hybridized carbons (Fsp3) is 0.125. The van der Waals surface area contributed by atoms with Crippen molar-refractivity contribution in [2.24, 2.45) is 9.98 Å². The summed E-state index contributed by atoms with van der Waals surface area (Å²) in [7, 11) is -2.64. The highest BCUT2D eigenvalue weighted by molar-refractivity contribution is 7.72. The average Bonchev–Trinajstić information content (AvgIpc) is 2.58. The summed E-state index contributed by atoms with van der Waals surface area (Å²) in [5, 5.41) is -0.476. The number of hydrogen-bond donors (Lipinski definition) is 0. The summed E-state index contributed by atoms with van der Waals surface area (Å²) < 4.78 is 57.9. The first-order valence-electron chi connectivity index (χ1n) is 3.99. The van der Waals surface area contributed by atoms with Crippen LogP contribution in [0.3, 0.4) is 0 Å². The van der Waals surface area contributed by atoms with Gasteiger partial charge in [0.2, 0.25) is 0 Å². The molecule has 84 valence electrons. The van der Waals surface area contributed by atoms with E-state index in [1.54, 1.807) is 0 Å². The molecule has 0 aromatic heterocycles. The SMILES string of the molecule is O=S(=O)=C1N=c2ccc(C(F)(F)F)cc2=N1. The van der Waals surface area contributed by atoms with Gasteiger partial charge < -0.3 is 0 Å². The average molecular weight is 248 g/mol. The summed E-state index contributed by atoms with van der Waals surface area (Å²) in [5.41, 5.74) is -0.886. The van der Waals surface area contributed by atoms with Crippen LogP contribution in [0.2, 0.25) is 0 Å². The highest BCUT2D eigenvalue weighted by atomic mass is 32.2. The van der Waals surface area contributed by atoms with Gasteiger partial charge in [-0.2, -0.15) is 21.6 Å². The molecule has 0 amide bonds. The number of hydrogen-bond acceptors (Lipinski definition) is 2. The molecule has 0 saturated carbocycles. The number of halogens is 3. The molecule has 0 atom stereocenters. The fourth-order valence-electron chi connectivity index (χ4n) is 1.19. The zero-order chi connectivity index (χ0) is 11.9. The van der Waals surface area contributed by atoms with Crippen LogP contribution in [0.5, 0.6) is 0 Å². The third-order valence-electron chi connectivity index (χ3n) is 1.88. The van der Waals surface area contributed by atoms with Gasteiger partial charge >= 0.3 is 6.18 Å². The number of alkyl halides is 3. The molecule has 0 saturated heterocycles. The standard InChI is InChI=1S/C8H3F3N2O2S/c9-8(10,11)4-1-2-5-6(3-4)13-7(12-5)16(14)15/h1-3H. The monoisotopic (exact) mass is 248 g/mol. The first kappa shape index (κ1) is 10.8. The second-order valence-corrected chi connectivity index (χ2v) is 3.78. The lowest BCUT2D eigenvalue weighted by Gasteiger charge is -2.04. The Morgan fingerprint density at radius 1 is 1.06 bits per heavy atom. The quantitative estimate of drug-likeness (QED) is 0.603. The predicted octanol–water partition coefficient (Wildman–Crippen LogP) is -0.0753. The van der Waals surface area contributed by atoms with Gasteiger partial charge in [0.05, 0.1) is 16.3 Å². The zero-order valence-electron chi connectivity index (χ0n) is 7.49. The normalized spacial score (nSPS) is 14.1. The van der Waals surface area contributed by atoms with Crippen molar-refractivity contribution in [1.29, 1.82) is 0 Å². The van der Waals surface area contributed by atoms with Gasteiger partial charge in [-0.15, -0.1) is 0 Å². The second kappa shape index (κ2) is 3.41. The van der Waals surface area contributed by atoms with Crippen molar-refractivity contribution in [2.75, 3.05) is 0 Å². The molecule has 0 spiro atoms. The molecule has 1 heterocycles. The number of benzene rings is 1. The zero-order valence-corrected chi connectivity index (χ0v) is 8.30. The summed E-state index contributed by atoms with van der Waals surface area (Å²) in [6.07, 6.45) is -4.48. The van der Waals surface area contributed by atoms with Gasteiger partial charge in [-0.1, -0.05) is 0 Å². The molecule has 0 unspecified atom stereocenters. The van der Waals surface area contributed by atoms with E-state index >= 15 is 0 Å². The van der Waals surface area contributed by atoms with Gasteiger partial charge in [0.25, 0.3) is 15.4 Å². The van der Waals surface area contributed by atoms with E-state index in [-0.39, 0.29) is 10.7 Å². The Hall–Kier alpha value is -1.70. The molecular weight excluding hydrogens is 245 g/mol. The molecule has 1 aromatic rings. The molecule has 1 aromatic carbocycles. The van der Waals surface area contributed by atoms with Crippen LogP contribution in [-0.2, 0) is 16.5 Å². The van der Waals surface area contributed by atoms with E-state index in [0.29, 0.717) is 0 Å². The summed E-state index contributed by atoms with van der Waals surface area (Å²) in [6, 6.07) is 2.68. The van der Waals surface area contributed by atoms with E-state index in [0.717, 1.165) is 18.2 Å². The molecular formula is C8H3F3N2O2S. The van der Waals surface area contributed by atoms with Crippen molar-refractivity contribution in [3.63, 3.8) is 0 Å². The molecule has 0 N–H and O–H groups in total. The van der Waals surface area contributed by atoms with Crippen molar-refractivity contribution in [1.82, 2.24) is 0 Å².